The van der Waals surface area contributed by atoms with Crippen LogP contribution in [0, 0.1) is 11.7 Å². The van der Waals surface area contributed by atoms with Crippen molar-refractivity contribution in [1.82, 2.24) is 20.4 Å². The van der Waals surface area contributed by atoms with E-state index in [2.05, 4.69) is 43.0 Å². The molecular weight excluding hydrogens is 585 g/mol. The summed E-state index contributed by atoms with van der Waals surface area (Å²) in [4.78, 5) is 31.2. The molecule has 1 atom stereocenters. The van der Waals surface area contributed by atoms with Crippen molar-refractivity contribution in [3.8, 4) is 0 Å². The summed E-state index contributed by atoms with van der Waals surface area (Å²) < 4.78 is 40.2. The molecule has 4 aromatic rings. The van der Waals surface area contributed by atoms with Gasteiger partial charge in [0.15, 0.2) is 5.82 Å². The fraction of sp³-hybridized carbons (Fsp3) is 0.323. The van der Waals surface area contributed by atoms with Gasteiger partial charge in [-0.25, -0.2) is 12.8 Å². The zero-order valence-corrected chi connectivity index (χ0v) is 25.1. The highest BCUT2D eigenvalue weighted by Crippen LogP contribution is 2.30. The summed E-state index contributed by atoms with van der Waals surface area (Å²) in [5.41, 5.74) is 2.05. The Balaban J connectivity index is 1.30. The number of nitrogens with zero attached hydrogens (tertiary/aromatic N) is 3. The Morgan fingerprint density at radius 1 is 0.977 bits per heavy atom. The van der Waals surface area contributed by atoms with Gasteiger partial charge in [-0.05, 0) is 81.0 Å². The number of nitrogens with one attached hydrogen (secondary N) is 4. The van der Waals surface area contributed by atoms with E-state index in [9.17, 15) is 22.4 Å². The van der Waals surface area contributed by atoms with E-state index in [1.165, 1.54) is 30.3 Å². The topological polar surface area (TPSA) is 140 Å². The number of carbonyl (C=O) groups is 2. The molecule has 3 aromatic carbocycles. The maximum atomic E-state index is 13.8. The molecule has 0 spiro atoms. The molecule has 4 N–H and O–H groups in total. The van der Waals surface area contributed by atoms with Crippen LogP contribution in [0.1, 0.15) is 23.2 Å². The molecule has 13 heteroatoms. The van der Waals surface area contributed by atoms with Gasteiger partial charge in [-0.3, -0.25) is 14.7 Å². The number of anilines is 3. The standard InChI is InChI=1S/C31H34FN7O4S/c1-38-12-14-39(15-13-38)22-7-9-25(28(17-22)34-30(40)20-4-3-11-33-19-20)31(41)35-29-26-18-24(8-10-27(26)36-37-29)44(42,43)23-6-2-5-21(32)16-23/h2,5-10,16-18,20,33H,3-4,11-15,19H2,1H3,(H,34,40)(H2,35,36,37,41). The molecule has 230 valence electrons. The molecule has 0 aliphatic carbocycles. The Labute approximate surface area is 254 Å². The van der Waals surface area contributed by atoms with Crippen molar-refractivity contribution in [3.05, 3.63) is 72.0 Å². The number of aromatic nitrogens is 2. The lowest BCUT2D eigenvalue weighted by Gasteiger charge is -2.34. The van der Waals surface area contributed by atoms with Crippen molar-refractivity contribution in [2.24, 2.45) is 5.92 Å². The highest BCUT2D eigenvalue weighted by molar-refractivity contribution is 7.91. The second-order valence-corrected chi connectivity index (χ2v) is 13.2. The van der Waals surface area contributed by atoms with Gasteiger partial charge in [0, 0.05) is 43.8 Å². The molecule has 11 nitrogen and oxygen atoms in total. The molecule has 0 bridgehead atoms. The average Bonchev–Trinajstić information content (AvgIpc) is 3.43. The number of amides is 2. The van der Waals surface area contributed by atoms with E-state index in [1.807, 2.05) is 12.1 Å². The number of hydrogen-bond donors (Lipinski definition) is 4. The zero-order valence-electron chi connectivity index (χ0n) is 24.3. The first-order valence-electron chi connectivity index (χ1n) is 14.6. The molecule has 2 fully saturated rings. The predicted octanol–water partition coefficient (Wildman–Crippen LogP) is 3.48. The van der Waals surface area contributed by atoms with Crippen LogP contribution in [0.3, 0.4) is 0 Å². The summed E-state index contributed by atoms with van der Waals surface area (Å²) in [6.07, 6.45) is 1.66. The van der Waals surface area contributed by atoms with Crippen molar-refractivity contribution in [1.29, 1.82) is 0 Å². The minimum atomic E-state index is -4.03. The van der Waals surface area contributed by atoms with Gasteiger partial charge in [0.05, 0.1) is 32.5 Å². The zero-order chi connectivity index (χ0) is 30.8. The predicted molar refractivity (Wildman–Crippen MR) is 166 cm³/mol. The largest absolute Gasteiger partial charge is 0.369 e. The number of sulfone groups is 1. The molecule has 44 heavy (non-hydrogen) atoms. The Morgan fingerprint density at radius 2 is 1.77 bits per heavy atom. The van der Waals surface area contributed by atoms with E-state index in [1.54, 1.807) is 12.1 Å². The SMILES string of the molecule is CN1CCN(c2ccc(C(=O)Nc3n[nH]c4ccc(S(=O)(=O)c5cccc(F)c5)cc34)c(NC(=O)C3CCCNC3)c2)CC1. The van der Waals surface area contributed by atoms with Gasteiger partial charge >= 0.3 is 0 Å². The van der Waals surface area contributed by atoms with E-state index in [4.69, 9.17) is 0 Å². The van der Waals surface area contributed by atoms with E-state index in [0.717, 1.165) is 57.3 Å². The molecule has 2 aliphatic heterocycles. The second kappa shape index (κ2) is 12.3. The minimum Gasteiger partial charge on any atom is -0.369 e. The van der Waals surface area contributed by atoms with E-state index in [0.29, 0.717) is 23.1 Å². The normalized spacial score (nSPS) is 17.9. The fourth-order valence-corrected chi connectivity index (χ4v) is 6.92. The monoisotopic (exact) mass is 619 g/mol. The highest BCUT2D eigenvalue weighted by Gasteiger charge is 2.25. The third-order valence-electron chi connectivity index (χ3n) is 8.22. The van der Waals surface area contributed by atoms with Crippen LogP contribution in [0.15, 0.2) is 70.5 Å². The van der Waals surface area contributed by atoms with Gasteiger partial charge in [-0.1, -0.05) is 6.07 Å². The lowest BCUT2D eigenvalue weighted by atomic mass is 9.98. The van der Waals surface area contributed by atoms with Gasteiger partial charge in [-0.15, -0.1) is 0 Å². The summed E-state index contributed by atoms with van der Waals surface area (Å²) in [6, 6.07) is 14.5. The molecule has 2 aliphatic rings. The number of hydrogen-bond acceptors (Lipinski definition) is 8. The van der Waals surface area contributed by atoms with Crippen molar-refractivity contribution in [2.45, 2.75) is 22.6 Å². The molecule has 2 amide bonds. The summed E-state index contributed by atoms with van der Waals surface area (Å²) in [7, 11) is -1.96. The molecule has 1 unspecified atom stereocenters. The number of carbonyl (C=O) groups excluding carboxylic acids is 2. The number of H-pyrrole nitrogens is 1. The number of halogens is 1. The lowest BCUT2D eigenvalue weighted by molar-refractivity contribution is -0.120. The molecular formula is C31H34FN7O4S. The molecule has 0 saturated carbocycles. The molecule has 2 saturated heterocycles. The lowest BCUT2D eigenvalue weighted by Crippen LogP contribution is -2.44. The van der Waals surface area contributed by atoms with Crippen LogP contribution in [0.5, 0.6) is 0 Å². The number of aromatic amines is 1. The van der Waals surface area contributed by atoms with E-state index < -0.39 is 21.6 Å². The average molecular weight is 620 g/mol. The van der Waals surface area contributed by atoms with Crippen LogP contribution in [-0.2, 0) is 14.6 Å². The van der Waals surface area contributed by atoms with E-state index >= 15 is 0 Å². The van der Waals surface area contributed by atoms with Crippen LogP contribution in [0.4, 0.5) is 21.6 Å². The molecule has 0 radical (unpaired) electrons. The number of fused-ring (bicyclic) bond motifs is 1. The maximum absolute atomic E-state index is 13.8. The first-order chi connectivity index (χ1) is 21.2. The fourth-order valence-electron chi connectivity index (χ4n) is 5.61. The number of rotatable bonds is 7. The maximum Gasteiger partial charge on any atom is 0.258 e. The Hall–Kier alpha value is -4.33. The van der Waals surface area contributed by atoms with Crippen molar-refractivity contribution >= 4 is 49.7 Å². The summed E-state index contributed by atoms with van der Waals surface area (Å²) in [5.74, 6) is -1.42. The summed E-state index contributed by atoms with van der Waals surface area (Å²) >= 11 is 0. The number of piperidine rings is 1. The van der Waals surface area contributed by atoms with Crippen LogP contribution in [-0.4, -0.2) is 81.6 Å². The van der Waals surface area contributed by atoms with Crippen LogP contribution < -0.4 is 20.9 Å². The smallest absolute Gasteiger partial charge is 0.258 e. The third-order valence-corrected chi connectivity index (χ3v) is 9.97. The van der Waals surface area contributed by atoms with Crippen molar-refractivity contribution in [3.63, 3.8) is 0 Å². The van der Waals surface area contributed by atoms with E-state index in [-0.39, 0.29) is 33.0 Å². The first kappa shape index (κ1) is 29.7. The van der Waals surface area contributed by atoms with Gasteiger partial charge in [0.2, 0.25) is 15.7 Å². The minimum absolute atomic E-state index is 0.0712. The van der Waals surface area contributed by atoms with Crippen molar-refractivity contribution in [2.75, 3.05) is 61.8 Å². The highest BCUT2D eigenvalue weighted by atomic mass is 32.2. The van der Waals surface area contributed by atoms with Gasteiger partial charge in [0.1, 0.15) is 5.82 Å². The molecule has 1 aromatic heterocycles. The van der Waals surface area contributed by atoms with Crippen molar-refractivity contribution < 1.29 is 22.4 Å². The van der Waals surface area contributed by atoms with Gasteiger partial charge in [-0.2, -0.15) is 5.10 Å². The van der Waals surface area contributed by atoms with Gasteiger partial charge in [0.25, 0.3) is 5.91 Å². The quantitative estimate of drug-likeness (QED) is 0.247. The number of piperazine rings is 1. The Bertz CT molecular complexity index is 1810. The molecule has 3 heterocycles. The summed E-state index contributed by atoms with van der Waals surface area (Å²) in [5, 5.41) is 16.4. The van der Waals surface area contributed by atoms with Crippen LogP contribution >= 0.6 is 0 Å². The third kappa shape index (κ3) is 6.16. The Morgan fingerprint density at radius 3 is 2.52 bits per heavy atom. The van der Waals surface area contributed by atoms with Crippen LogP contribution in [0.2, 0.25) is 0 Å². The second-order valence-electron chi connectivity index (χ2n) is 11.2. The van der Waals surface area contributed by atoms with Crippen LogP contribution in [0.25, 0.3) is 10.9 Å². The number of benzene rings is 3. The number of likely N-dealkylation sites (N-methyl/N-ethyl adjacent to an activating group) is 1. The molecule has 6 rings (SSSR count). The first-order valence-corrected chi connectivity index (χ1v) is 16.1. The summed E-state index contributed by atoms with van der Waals surface area (Å²) in [6.45, 7) is 4.90. The van der Waals surface area contributed by atoms with Gasteiger partial charge < -0.3 is 25.8 Å². The Kier molecular flexibility index (Phi) is 8.34.